The van der Waals surface area contributed by atoms with Gasteiger partial charge in [-0.25, -0.2) is 8.78 Å². The number of ether oxygens (including phenoxy) is 1. The van der Waals surface area contributed by atoms with Crippen LogP contribution < -0.4 is 16.4 Å². The van der Waals surface area contributed by atoms with Crippen molar-refractivity contribution < 1.29 is 27.9 Å². The molecule has 2 aromatic rings. The second-order valence-electron chi connectivity index (χ2n) is 10.9. The average molecular weight is 563 g/mol. The molecule has 10 nitrogen and oxygen atoms in total. The van der Waals surface area contributed by atoms with Crippen molar-refractivity contribution in [2.24, 2.45) is 22.1 Å². The molecule has 0 saturated heterocycles. The van der Waals surface area contributed by atoms with E-state index in [1.165, 1.54) is 7.05 Å². The van der Waals surface area contributed by atoms with Gasteiger partial charge in [0, 0.05) is 37.9 Å². The highest BCUT2D eigenvalue weighted by atomic mass is 19.3. The third-order valence-corrected chi connectivity index (χ3v) is 6.89. The number of nitrogens with two attached hydrogens (primary N) is 1. The van der Waals surface area contributed by atoms with E-state index in [2.05, 4.69) is 48.1 Å². The van der Waals surface area contributed by atoms with Gasteiger partial charge in [0.2, 0.25) is 18.2 Å². The van der Waals surface area contributed by atoms with Crippen molar-refractivity contribution in [3.63, 3.8) is 0 Å². The van der Waals surface area contributed by atoms with Crippen LogP contribution in [0.15, 0.2) is 41.6 Å². The summed E-state index contributed by atoms with van der Waals surface area (Å²) >= 11 is 0. The lowest BCUT2D eigenvalue weighted by Crippen LogP contribution is -2.41. The molecule has 220 valence electrons. The van der Waals surface area contributed by atoms with Gasteiger partial charge in [-0.1, -0.05) is 45.5 Å². The van der Waals surface area contributed by atoms with Gasteiger partial charge in [-0.3, -0.25) is 24.1 Å². The van der Waals surface area contributed by atoms with E-state index < -0.39 is 11.8 Å². The quantitative estimate of drug-likeness (QED) is 0.140. The number of primary amides is 1. The van der Waals surface area contributed by atoms with Gasteiger partial charge in [-0.05, 0) is 37.2 Å². The summed E-state index contributed by atoms with van der Waals surface area (Å²) in [5, 5.41) is 10.7. The number of fused-ring (bicyclic) bond motifs is 1. The molecule has 1 atom stereocenters. The van der Waals surface area contributed by atoms with E-state index in [-0.39, 0.29) is 54.3 Å². The molecule has 0 aliphatic heterocycles. The summed E-state index contributed by atoms with van der Waals surface area (Å²) in [6, 6.07) is 7.62. The van der Waals surface area contributed by atoms with Crippen molar-refractivity contribution in [3.8, 4) is 0 Å². The second-order valence-corrected chi connectivity index (χ2v) is 10.9. The fraction of sp³-hybridized carbons (Fsp3) is 0.536. The Morgan fingerprint density at radius 2 is 1.93 bits per heavy atom. The number of para-hydroxylation sites is 1. The van der Waals surface area contributed by atoms with Gasteiger partial charge in [0.1, 0.15) is 0 Å². The molecule has 1 heterocycles. The summed E-state index contributed by atoms with van der Waals surface area (Å²) in [4.78, 5) is 36.9. The Labute approximate surface area is 233 Å². The molecular formula is C28H40F2N6O4. The Bertz CT molecular complexity index is 1230. The minimum absolute atomic E-state index is 0.00510. The maximum atomic E-state index is 13.4. The average Bonchev–Trinajstić information content (AvgIpc) is 3.26. The van der Waals surface area contributed by atoms with Crippen LogP contribution in [0.25, 0.3) is 10.9 Å². The standard InChI is InChI=1S/C21H29F2N3O.C7H11N3O3/c1-14(20(2,3)4)24-19(27)18-16-7-5-6-8-17(16)26(25-18)13-15-9-11-21(22,23)12-10-15;1-5(7(8)12)13-6(9-2)3-10-4-11/h5-8,14-15H,9-13H2,1-4H3,(H,24,27);4H,1,3H2,2H3,(H2,8,12)(H,10,11). The molecule has 1 saturated carbocycles. The number of amides is 3. The van der Waals surface area contributed by atoms with Gasteiger partial charge >= 0.3 is 0 Å². The monoisotopic (exact) mass is 562 g/mol. The first-order valence-electron chi connectivity index (χ1n) is 13.1. The Hall–Kier alpha value is -3.83. The Morgan fingerprint density at radius 1 is 1.30 bits per heavy atom. The number of alkyl halides is 2. The molecule has 1 fully saturated rings. The number of aliphatic imine (C=N–C) groups is 1. The highest BCUT2D eigenvalue weighted by Crippen LogP contribution is 2.37. The highest BCUT2D eigenvalue weighted by molar-refractivity contribution is 6.05. The molecule has 0 bridgehead atoms. The van der Waals surface area contributed by atoms with Crippen molar-refractivity contribution >= 4 is 35.0 Å². The molecule has 4 N–H and O–H groups in total. The maximum absolute atomic E-state index is 13.4. The zero-order valence-corrected chi connectivity index (χ0v) is 23.8. The number of nitrogens with one attached hydrogen (secondary N) is 2. The molecule has 0 radical (unpaired) electrons. The number of halogens is 2. The van der Waals surface area contributed by atoms with Crippen LogP contribution in [0.4, 0.5) is 8.78 Å². The molecular weight excluding hydrogens is 522 g/mol. The molecule has 1 aliphatic carbocycles. The molecule has 1 unspecified atom stereocenters. The van der Waals surface area contributed by atoms with Gasteiger partial charge in [0.15, 0.2) is 11.5 Å². The normalized spacial score (nSPS) is 16.3. The molecule has 3 rings (SSSR count). The number of carbonyl (C=O) groups is 3. The smallest absolute Gasteiger partial charge is 0.283 e. The van der Waals surface area contributed by atoms with E-state index in [1.807, 2.05) is 35.9 Å². The Balaban J connectivity index is 0.000000366. The topological polar surface area (TPSA) is 141 Å². The minimum atomic E-state index is -2.53. The van der Waals surface area contributed by atoms with Crippen LogP contribution in [0.5, 0.6) is 0 Å². The third kappa shape index (κ3) is 9.42. The zero-order chi connectivity index (χ0) is 30.1. The number of aromatic nitrogens is 2. The van der Waals surface area contributed by atoms with Crippen LogP contribution in [0, 0.1) is 11.3 Å². The van der Waals surface area contributed by atoms with Crippen LogP contribution >= 0.6 is 0 Å². The number of benzene rings is 1. The summed E-state index contributed by atoms with van der Waals surface area (Å²) in [5.41, 5.74) is 6.09. The van der Waals surface area contributed by atoms with E-state index in [4.69, 9.17) is 10.5 Å². The maximum Gasteiger partial charge on any atom is 0.283 e. The van der Waals surface area contributed by atoms with Gasteiger partial charge in [0.05, 0.1) is 12.1 Å². The number of carbonyl (C=O) groups excluding carboxylic acids is 3. The van der Waals surface area contributed by atoms with E-state index in [0.29, 0.717) is 31.5 Å². The fourth-order valence-electron chi connectivity index (χ4n) is 3.93. The highest BCUT2D eigenvalue weighted by Gasteiger charge is 2.35. The number of hydrogen-bond acceptors (Lipinski definition) is 6. The molecule has 12 heteroatoms. The summed E-state index contributed by atoms with van der Waals surface area (Å²) in [6.45, 7) is 12.1. The van der Waals surface area contributed by atoms with Gasteiger partial charge in [-0.2, -0.15) is 5.10 Å². The van der Waals surface area contributed by atoms with Crippen LogP contribution in [0.1, 0.15) is 63.9 Å². The molecule has 1 aromatic heterocycles. The summed E-state index contributed by atoms with van der Waals surface area (Å²) in [5.74, 6) is -3.38. The molecule has 3 amide bonds. The van der Waals surface area contributed by atoms with E-state index in [9.17, 15) is 23.2 Å². The Kier molecular flexibility index (Phi) is 11.3. The van der Waals surface area contributed by atoms with Gasteiger partial charge in [-0.15, -0.1) is 0 Å². The lowest BCUT2D eigenvalue weighted by molar-refractivity contribution is -0.116. The first-order chi connectivity index (χ1) is 18.7. The van der Waals surface area contributed by atoms with Crippen LogP contribution in [0.3, 0.4) is 0 Å². The molecule has 40 heavy (non-hydrogen) atoms. The largest absolute Gasteiger partial charge is 0.436 e. The summed E-state index contributed by atoms with van der Waals surface area (Å²) in [6.07, 6.45) is 1.34. The van der Waals surface area contributed by atoms with Gasteiger partial charge in [0.25, 0.3) is 11.8 Å². The van der Waals surface area contributed by atoms with Crippen molar-refractivity contribution in [3.05, 3.63) is 42.3 Å². The van der Waals surface area contributed by atoms with Crippen LogP contribution in [-0.4, -0.2) is 59.5 Å². The summed E-state index contributed by atoms with van der Waals surface area (Å²) < 4.78 is 33.5. The van der Waals surface area contributed by atoms with Crippen LogP contribution in [-0.2, 0) is 20.9 Å². The van der Waals surface area contributed by atoms with E-state index in [0.717, 1.165) is 10.9 Å². The molecule has 0 spiro atoms. The fourth-order valence-corrected chi connectivity index (χ4v) is 3.93. The number of hydrogen-bond donors (Lipinski definition) is 3. The first-order valence-corrected chi connectivity index (χ1v) is 13.1. The predicted molar refractivity (Wildman–Crippen MR) is 150 cm³/mol. The first kappa shape index (κ1) is 32.4. The third-order valence-electron chi connectivity index (χ3n) is 6.89. The lowest BCUT2D eigenvalue weighted by atomic mass is 9.87. The van der Waals surface area contributed by atoms with E-state index in [1.54, 1.807) is 0 Å². The van der Waals surface area contributed by atoms with Crippen molar-refractivity contribution in [2.45, 2.75) is 71.9 Å². The predicted octanol–water partition coefficient (Wildman–Crippen LogP) is 3.80. The van der Waals surface area contributed by atoms with Crippen LogP contribution in [0.2, 0.25) is 0 Å². The number of rotatable bonds is 9. The SMILES string of the molecule is C=C(OC(CNC=O)=NC)C(N)=O.CC(NC(=O)c1nn(CC2CCC(F)(F)CC2)c2ccccc12)C(C)(C)C. The number of nitrogens with zero attached hydrogens (tertiary/aromatic N) is 3. The second kappa shape index (κ2) is 14.0. The van der Waals surface area contributed by atoms with Crippen molar-refractivity contribution in [1.82, 2.24) is 20.4 Å². The molecule has 1 aliphatic rings. The molecule has 1 aromatic carbocycles. The van der Waals surface area contributed by atoms with Crippen molar-refractivity contribution in [2.75, 3.05) is 13.6 Å². The Morgan fingerprint density at radius 3 is 2.48 bits per heavy atom. The lowest BCUT2D eigenvalue weighted by Gasteiger charge is -2.28. The van der Waals surface area contributed by atoms with E-state index >= 15 is 0 Å². The van der Waals surface area contributed by atoms with Crippen molar-refractivity contribution in [1.29, 1.82) is 0 Å². The summed E-state index contributed by atoms with van der Waals surface area (Å²) in [7, 11) is 1.45. The minimum Gasteiger partial charge on any atom is -0.436 e. The van der Waals surface area contributed by atoms with Gasteiger partial charge < -0.3 is 21.1 Å². The zero-order valence-electron chi connectivity index (χ0n) is 23.8.